The molecule has 0 aromatic carbocycles. The molecular weight excluding hydrogens is 488 g/mol. The molecule has 0 bridgehead atoms. The number of unbranched alkanes of at least 4 members (excludes halogenated alkanes) is 13. The van der Waals surface area contributed by atoms with Crippen molar-refractivity contribution in [3.63, 3.8) is 0 Å². The number of hydrogen-bond donors (Lipinski definition) is 0. The van der Waals surface area contributed by atoms with Crippen LogP contribution in [0.5, 0.6) is 0 Å². The standard InChI is InChI=1S/C30H60O8/c1-3-4-5-6-7-8-9-10-11-12-13-14-15-16-18-33-20-22-35-24-26-37-28-29-38-27-25-36-23-21-34-19-17-30(31)32-2/h3-29H2,1-2H3. The van der Waals surface area contributed by atoms with Gasteiger partial charge in [0.1, 0.15) is 0 Å². The molecule has 0 atom stereocenters. The van der Waals surface area contributed by atoms with Crippen LogP contribution in [0.3, 0.4) is 0 Å². The lowest BCUT2D eigenvalue weighted by Gasteiger charge is -2.08. The van der Waals surface area contributed by atoms with E-state index in [9.17, 15) is 4.79 Å². The molecule has 8 nitrogen and oxygen atoms in total. The molecule has 0 heterocycles. The number of rotatable bonds is 33. The van der Waals surface area contributed by atoms with Gasteiger partial charge in [-0.05, 0) is 6.42 Å². The molecule has 0 spiro atoms. The van der Waals surface area contributed by atoms with E-state index in [1.54, 1.807) is 0 Å². The second kappa shape index (κ2) is 34.3. The lowest BCUT2D eigenvalue weighted by molar-refractivity contribution is -0.141. The smallest absolute Gasteiger partial charge is 0.307 e. The van der Waals surface area contributed by atoms with Crippen LogP contribution in [0.4, 0.5) is 0 Å². The van der Waals surface area contributed by atoms with Gasteiger partial charge in [0, 0.05) is 6.61 Å². The maximum absolute atomic E-state index is 10.9. The van der Waals surface area contributed by atoms with E-state index >= 15 is 0 Å². The highest BCUT2D eigenvalue weighted by atomic mass is 16.6. The summed E-state index contributed by atoms with van der Waals surface area (Å²) in [6.07, 6.45) is 19.5. The Morgan fingerprint density at radius 2 is 0.684 bits per heavy atom. The molecule has 0 fully saturated rings. The molecule has 0 saturated heterocycles. The largest absolute Gasteiger partial charge is 0.469 e. The topological polar surface area (TPSA) is 81.7 Å². The summed E-state index contributed by atoms with van der Waals surface area (Å²) in [5.74, 6) is -0.271. The number of carbonyl (C=O) groups is 1. The maximum atomic E-state index is 10.9. The van der Waals surface area contributed by atoms with E-state index < -0.39 is 0 Å². The molecule has 0 rings (SSSR count). The Kier molecular flexibility index (Phi) is 33.6. The van der Waals surface area contributed by atoms with Gasteiger partial charge in [0.25, 0.3) is 0 Å². The molecule has 0 aliphatic rings. The van der Waals surface area contributed by atoms with Crippen molar-refractivity contribution in [2.45, 2.75) is 103 Å². The van der Waals surface area contributed by atoms with Gasteiger partial charge in [0.15, 0.2) is 0 Å². The highest BCUT2D eigenvalue weighted by Crippen LogP contribution is 2.12. The predicted molar refractivity (Wildman–Crippen MR) is 152 cm³/mol. The molecule has 0 saturated carbocycles. The lowest BCUT2D eigenvalue weighted by Crippen LogP contribution is -2.14. The minimum Gasteiger partial charge on any atom is -0.469 e. The first-order valence-electron chi connectivity index (χ1n) is 15.3. The van der Waals surface area contributed by atoms with Gasteiger partial charge in [0.05, 0.1) is 86.2 Å². The first-order chi connectivity index (χ1) is 18.8. The number of carbonyl (C=O) groups excluding carboxylic acids is 1. The molecule has 0 radical (unpaired) electrons. The molecule has 0 amide bonds. The third-order valence-electron chi connectivity index (χ3n) is 6.18. The molecular formula is C30H60O8. The minimum absolute atomic E-state index is 0.262. The fraction of sp³-hybridized carbons (Fsp3) is 0.967. The Hall–Kier alpha value is -0.770. The van der Waals surface area contributed by atoms with E-state index in [2.05, 4.69) is 11.7 Å². The van der Waals surface area contributed by atoms with Crippen LogP contribution in [0, 0.1) is 0 Å². The third kappa shape index (κ3) is 33.3. The summed E-state index contributed by atoms with van der Waals surface area (Å²) >= 11 is 0. The maximum Gasteiger partial charge on any atom is 0.307 e. The first-order valence-corrected chi connectivity index (χ1v) is 15.3. The number of methoxy groups -OCH3 is 1. The van der Waals surface area contributed by atoms with E-state index in [-0.39, 0.29) is 12.4 Å². The zero-order valence-electron chi connectivity index (χ0n) is 24.9. The monoisotopic (exact) mass is 548 g/mol. The normalized spacial score (nSPS) is 11.3. The first kappa shape index (κ1) is 37.2. The summed E-state index contributed by atoms with van der Waals surface area (Å²) < 4.78 is 37.3. The van der Waals surface area contributed by atoms with Gasteiger partial charge in [-0.3, -0.25) is 4.79 Å². The average Bonchev–Trinajstić information content (AvgIpc) is 2.93. The van der Waals surface area contributed by atoms with Gasteiger partial charge in [0.2, 0.25) is 0 Å². The van der Waals surface area contributed by atoms with E-state index in [4.69, 9.17) is 28.4 Å². The zero-order valence-corrected chi connectivity index (χ0v) is 24.9. The van der Waals surface area contributed by atoms with Crippen LogP contribution in [-0.2, 0) is 38.0 Å². The SMILES string of the molecule is CCCCCCCCCCCCCCCCOCCOCCOCCOCCOCCOCCC(=O)OC. The Labute approximate surface area is 233 Å². The predicted octanol–water partition coefficient (Wildman–Crippen LogP) is 6.13. The Bertz CT molecular complexity index is 450. The number of esters is 1. The second-order valence-electron chi connectivity index (χ2n) is 9.60. The van der Waals surface area contributed by atoms with Crippen molar-refractivity contribution in [1.82, 2.24) is 0 Å². The molecule has 0 N–H and O–H groups in total. The van der Waals surface area contributed by atoms with Gasteiger partial charge in [-0.1, -0.05) is 90.4 Å². The van der Waals surface area contributed by atoms with Gasteiger partial charge in [-0.2, -0.15) is 0 Å². The van der Waals surface area contributed by atoms with Crippen LogP contribution in [0.15, 0.2) is 0 Å². The van der Waals surface area contributed by atoms with Crippen LogP contribution in [0.2, 0.25) is 0 Å². The van der Waals surface area contributed by atoms with E-state index in [1.165, 1.54) is 90.6 Å². The Morgan fingerprint density at radius 1 is 0.395 bits per heavy atom. The molecule has 228 valence electrons. The molecule has 0 aliphatic carbocycles. The summed E-state index contributed by atoms with van der Waals surface area (Å²) in [4.78, 5) is 10.9. The summed E-state index contributed by atoms with van der Waals surface area (Å²) in [7, 11) is 1.36. The summed E-state index contributed by atoms with van der Waals surface area (Å²) in [6, 6.07) is 0. The average molecular weight is 549 g/mol. The highest BCUT2D eigenvalue weighted by molar-refractivity contribution is 5.69. The number of ether oxygens (including phenoxy) is 7. The van der Waals surface area contributed by atoms with Crippen molar-refractivity contribution < 1.29 is 38.0 Å². The summed E-state index contributed by atoms with van der Waals surface area (Å²) in [5, 5.41) is 0. The highest BCUT2D eigenvalue weighted by Gasteiger charge is 1.99. The van der Waals surface area contributed by atoms with Crippen molar-refractivity contribution in [3.05, 3.63) is 0 Å². The Balaban J connectivity index is 3.03. The van der Waals surface area contributed by atoms with Crippen LogP contribution in [-0.4, -0.2) is 92.4 Å². The molecule has 38 heavy (non-hydrogen) atoms. The van der Waals surface area contributed by atoms with Gasteiger partial charge in [-0.15, -0.1) is 0 Å². The van der Waals surface area contributed by atoms with Crippen molar-refractivity contribution in [2.75, 3.05) is 86.4 Å². The van der Waals surface area contributed by atoms with Crippen LogP contribution in [0.1, 0.15) is 103 Å². The fourth-order valence-electron chi connectivity index (χ4n) is 3.86. The number of hydrogen-bond acceptors (Lipinski definition) is 8. The van der Waals surface area contributed by atoms with Crippen LogP contribution in [0.25, 0.3) is 0 Å². The lowest BCUT2D eigenvalue weighted by atomic mass is 10.0. The summed E-state index contributed by atoms with van der Waals surface area (Å²) in [5.41, 5.74) is 0. The quantitative estimate of drug-likeness (QED) is 0.0716. The molecule has 0 aliphatic heterocycles. The summed E-state index contributed by atoms with van der Waals surface area (Å²) in [6.45, 7) is 8.86. The molecule has 8 heteroatoms. The van der Waals surface area contributed by atoms with Gasteiger partial charge < -0.3 is 33.2 Å². The van der Waals surface area contributed by atoms with Gasteiger partial charge >= 0.3 is 5.97 Å². The fourth-order valence-corrected chi connectivity index (χ4v) is 3.86. The molecule has 0 aromatic heterocycles. The molecule has 0 unspecified atom stereocenters. The van der Waals surface area contributed by atoms with Crippen molar-refractivity contribution in [3.8, 4) is 0 Å². The zero-order chi connectivity index (χ0) is 27.6. The van der Waals surface area contributed by atoms with E-state index in [1.807, 2.05) is 0 Å². The Morgan fingerprint density at radius 3 is 1.03 bits per heavy atom. The van der Waals surface area contributed by atoms with Gasteiger partial charge in [-0.25, -0.2) is 0 Å². The van der Waals surface area contributed by atoms with Crippen molar-refractivity contribution in [2.24, 2.45) is 0 Å². The second-order valence-corrected chi connectivity index (χ2v) is 9.60. The van der Waals surface area contributed by atoms with Crippen LogP contribution < -0.4 is 0 Å². The third-order valence-corrected chi connectivity index (χ3v) is 6.18. The molecule has 0 aromatic rings. The minimum atomic E-state index is -0.271. The van der Waals surface area contributed by atoms with Crippen molar-refractivity contribution in [1.29, 1.82) is 0 Å². The van der Waals surface area contributed by atoms with E-state index in [0.717, 1.165) is 13.0 Å². The van der Waals surface area contributed by atoms with Crippen LogP contribution >= 0.6 is 0 Å². The van der Waals surface area contributed by atoms with E-state index in [0.29, 0.717) is 72.7 Å². The van der Waals surface area contributed by atoms with Crippen molar-refractivity contribution >= 4 is 5.97 Å².